The van der Waals surface area contributed by atoms with Crippen molar-refractivity contribution < 1.29 is 4.74 Å². The lowest BCUT2D eigenvalue weighted by Crippen LogP contribution is -2.33. The SMILES string of the molecule is CC(C)Oc1ccc(C2CNCCC2C)cc1. The molecule has 1 aromatic carbocycles. The Morgan fingerprint density at radius 3 is 2.53 bits per heavy atom. The first kappa shape index (κ1) is 12.4. The molecule has 2 nitrogen and oxygen atoms in total. The normalized spacial score (nSPS) is 24.9. The van der Waals surface area contributed by atoms with Gasteiger partial charge in [0.1, 0.15) is 5.75 Å². The molecule has 0 aliphatic carbocycles. The van der Waals surface area contributed by atoms with Crippen molar-refractivity contribution in [2.75, 3.05) is 13.1 Å². The third kappa shape index (κ3) is 3.22. The highest BCUT2D eigenvalue weighted by Crippen LogP contribution is 2.29. The van der Waals surface area contributed by atoms with E-state index in [1.54, 1.807) is 0 Å². The summed E-state index contributed by atoms with van der Waals surface area (Å²) in [7, 11) is 0. The molecule has 0 spiro atoms. The number of ether oxygens (including phenoxy) is 1. The molecule has 2 heteroatoms. The van der Waals surface area contributed by atoms with E-state index in [-0.39, 0.29) is 6.10 Å². The van der Waals surface area contributed by atoms with Crippen LogP contribution in [-0.2, 0) is 0 Å². The van der Waals surface area contributed by atoms with Gasteiger partial charge in [-0.1, -0.05) is 19.1 Å². The molecule has 2 rings (SSSR count). The van der Waals surface area contributed by atoms with Crippen LogP contribution in [-0.4, -0.2) is 19.2 Å². The second kappa shape index (κ2) is 5.54. The lowest BCUT2D eigenvalue weighted by Gasteiger charge is -2.30. The van der Waals surface area contributed by atoms with Gasteiger partial charge in [0.2, 0.25) is 0 Å². The van der Waals surface area contributed by atoms with Crippen LogP contribution >= 0.6 is 0 Å². The van der Waals surface area contributed by atoms with Gasteiger partial charge in [0.25, 0.3) is 0 Å². The monoisotopic (exact) mass is 233 g/mol. The molecule has 1 aliphatic heterocycles. The molecular formula is C15H23NO. The van der Waals surface area contributed by atoms with Crippen molar-refractivity contribution in [1.29, 1.82) is 0 Å². The molecule has 0 amide bonds. The summed E-state index contributed by atoms with van der Waals surface area (Å²) in [6, 6.07) is 8.62. The summed E-state index contributed by atoms with van der Waals surface area (Å²) in [5.41, 5.74) is 1.43. The molecule has 1 aromatic rings. The highest BCUT2D eigenvalue weighted by atomic mass is 16.5. The predicted molar refractivity (Wildman–Crippen MR) is 71.6 cm³/mol. The summed E-state index contributed by atoms with van der Waals surface area (Å²) in [6.45, 7) is 8.73. The molecular weight excluding hydrogens is 210 g/mol. The van der Waals surface area contributed by atoms with Crippen molar-refractivity contribution in [2.24, 2.45) is 5.92 Å². The summed E-state index contributed by atoms with van der Waals surface area (Å²) in [4.78, 5) is 0. The van der Waals surface area contributed by atoms with E-state index >= 15 is 0 Å². The lowest BCUT2D eigenvalue weighted by atomic mass is 9.83. The number of piperidine rings is 1. The largest absolute Gasteiger partial charge is 0.491 e. The van der Waals surface area contributed by atoms with Gasteiger partial charge in [0, 0.05) is 6.54 Å². The van der Waals surface area contributed by atoms with Gasteiger partial charge in [-0.15, -0.1) is 0 Å². The highest BCUT2D eigenvalue weighted by molar-refractivity contribution is 5.30. The van der Waals surface area contributed by atoms with Crippen molar-refractivity contribution in [3.8, 4) is 5.75 Å². The number of nitrogens with one attached hydrogen (secondary N) is 1. The van der Waals surface area contributed by atoms with E-state index in [9.17, 15) is 0 Å². The molecule has 1 aliphatic rings. The van der Waals surface area contributed by atoms with Gasteiger partial charge in [0.05, 0.1) is 6.10 Å². The minimum atomic E-state index is 0.246. The van der Waals surface area contributed by atoms with Crippen molar-refractivity contribution in [3.63, 3.8) is 0 Å². The quantitative estimate of drug-likeness (QED) is 0.865. The lowest BCUT2D eigenvalue weighted by molar-refractivity contribution is 0.242. The van der Waals surface area contributed by atoms with E-state index in [0.29, 0.717) is 5.92 Å². The van der Waals surface area contributed by atoms with E-state index in [0.717, 1.165) is 24.8 Å². The maximum atomic E-state index is 5.67. The fourth-order valence-corrected chi connectivity index (χ4v) is 2.50. The van der Waals surface area contributed by atoms with Crippen molar-refractivity contribution in [1.82, 2.24) is 5.32 Å². The molecule has 17 heavy (non-hydrogen) atoms. The van der Waals surface area contributed by atoms with Gasteiger partial charge in [-0.05, 0) is 56.3 Å². The third-order valence-electron chi connectivity index (χ3n) is 3.51. The number of hydrogen-bond donors (Lipinski definition) is 1. The van der Waals surface area contributed by atoms with Crippen LogP contribution in [0.2, 0.25) is 0 Å². The van der Waals surface area contributed by atoms with Gasteiger partial charge in [0.15, 0.2) is 0 Å². The molecule has 94 valence electrons. The first-order chi connectivity index (χ1) is 8.16. The highest BCUT2D eigenvalue weighted by Gasteiger charge is 2.22. The molecule has 1 saturated heterocycles. The first-order valence-electron chi connectivity index (χ1n) is 6.64. The minimum Gasteiger partial charge on any atom is -0.491 e. The van der Waals surface area contributed by atoms with Crippen molar-refractivity contribution in [2.45, 2.75) is 39.2 Å². The molecule has 0 bridgehead atoms. The Morgan fingerprint density at radius 2 is 1.94 bits per heavy atom. The van der Waals surface area contributed by atoms with Crippen LogP contribution in [0.5, 0.6) is 5.75 Å². The standard InChI is InChI=1S/C15H23NO/c1-11(2)17-14-6-4-13(5-7-14)15-10-16-9-8-12(15)3/h4-7,11-12,15-16H,8-10H2,1-3H3. The minimum absolute atomic E-state index is 0.246. The average Bonchev–Trinajstić information content (AvgIpc) is 2.30. The second-order valence-corrected chi connectivity index (χ2v) is 5.31. The van der Waals surface area contributed by atoms with Crippen LogP contribution in [0.3, 0.4) is 0 Å². The van der Waals surface area contributed by atoms with E-state index < -0.39 is 0 Å². The zero-order chi connectivity index (χ0) is 12.3. The van der Waals surface area contributed by atoms with E-state index in [4.69, 9.17) is 4.74 Å². The molecule has 1 fully saturated rings. The Hall–Kier alpha value is -1.02. The Bertz CT molecular complexity index is 344. The molecule has 0 saturated carbocycles. The van der Waals surface area contributed by atoms with Crippen molar-refractivity contribution in [3.05, 3.63) is 29.8 Å². The molecule has 1 heterocycles. The Morgan fingerprint density at radius 1 is 1.24 bits per heavy atom. The van der Waals surface area contributed by atoms with Crippen LogP contribution < -0.4 is 10.1 Å². The average molecular weight is 233 g/mol. The van der Waals surface area contributed by atoms with Gasteiger partial charge in [-0.25, -0.2) is 0 Å². The summed E-state index contributed by atoms with van der Waals surface area (Å²) >= 11 is 0. The van der Waals surface area contributed by atoms with Gasteiger partial charge < -0.3 is 10.1 Å². The smallest absolute Gasteiger partial charge is 0.119 e. The second-order valence-electron chi connectivity index (χ2n) is 5.31. The van der Waals surface area contributed by atoms with Crippen LogP contribution in [0.15, 0.2) is 24.3 Å². The molecule has 0 radical (unpaired) electrons. The maximum absolute atomic E-state index is 5.67. The van der Waals surface area contributed by atoms with E-state index in [2.05, 4.69) is 50.4 Å². The molecule has 0 aromatic heterocycles. The summed E-state index contributed by atoms with van der Waals surface area (Å²) in [5.74, 6) is 2.39. The summed E-state index contributed by atoms with van der Waals surface area (Å²) < 4.78 is 5.67. The number of benzene rings is 1. The Balaban J connectivity index is 2.06. The van der Waals surface area contributed by atoms with Crippen LogP contribution in [0.25, 0.3) is 0 Å². The van der Waals surface area contributed by atoms with Gasteiger partial charge in [-0.2, -0.15) is 0 Å². The van der Waals surface area contributed by atoms with Crippen LogP contribution in [0.4, 0.5) is 0 Å². The predicted octanol–water partition coefficient (Wildman–Crippen LogP) is 3.19. The molecule has 1 N–H and O–H groups in total. The zero-order valence-corrected chi connectivity index (χ0v) is 11.1. The van der Waals surface area contributed by atoms with Gasteiger partial charge >= 0.3 is 0 Å². The van der Waals surface area contributed by atoms with Crippen molar-refractivity contribution >= 4 is 0 Å². The Labute approximate surface area is 104 Å². The fraction of sp³-hybridized carbons (Fsp3) is 0.600. The van der Waals surface area contributed by atoms with Gasteiger partial charge in [-0.3, -0.25) is 0 Å². The zero-order valence-electron chi connectivity index (χ0n) is 11.1. The number of rotatable bonds is 3. The summed E-state index contributed by atoms with van der Waals surface area (Å²) in [6.07, 6.45) is 1.52. The molecule has 2 unspecified atom stereocenters. The fourth-order valence-electron chi connectivity index (χ4n) is 2.50. The van der Waals surface area contributed by atoms with E-state index in [1.807, 2.05) is 0 Å². The molecule has 2 atom stereocenters. The summed E-state index contributed by atoms with van der Waals surface area (Å²) in [5, 5.41) is 3.48. The number of hydrogen-bond acceptors (Lipinski definition) is 2. The maximum Gasteiger partial charge on any atom is 0.119 e. The first-order valence-corrected chi connectivity index (χ1v) is 6.64. The topological polar surface area (TPSA) is 21.3 Å². The van der Waals surface area contributed by atoms with E-state index in [1.165, 1.54) is 12.0 Å². The Kier molecular flexibility index (Phi) is 4.06. The van der Waals surface area contributed by atoms with Crippen LogP contribution in [0.1, 0.15) is 38.7 Å². The third-order valence-corrected chi connectivity index (χ3v) is 3.51. The van der Waals surface area contributed by atoms with Crippen LogP contribution in [0, 0.1) is 5.92 Å².